The number of aromatic carboxylic acids is 1. The van der Waals surface area contributed by atoms with Crippen LogP contribution in [-0.2, 0) is 19.4 Å². The Morgan fingerprint density at radius 3 is 2.58 bits per heavy atom. The molecule has 0 amide bonds. The van der Waals surface area contributed by atoms with Crippen molar-refractivity contribution in [3.05, 3.63) is 17.0 Å². The zero-order valence-electron chi connectivity index (χ0n) is 15.2. The van der Waals surface area contributed by atoms with Crippen molar-refractivity contribution in [1.29, 1.82) is 0 Å². The molecule has 2 heterocycles. The van der Waals surface area contributed by atoms with Crippen molar-refractivity contribution >= 4 is 5.97 Å². The summed E-state index contributed by atoms with van der Waals surface area (Å²) in [6.07, 6.45) is 6.30. The number of hydrogen-bond acceptors (Lipinski definition) is 4. The van der Waals surface area contributed by atoms with Crippen LogP contribution in [0.5, 0.6) is 0 Å². The van der Waals surface area contributed by atoms with E-state index in [1.54, 1.807) is 0 Å². The summed E-state index contributed by atoms with van der Waals surface area (Å²) in [4.78, 5) is 16.5. The molecule has 0 aromatic carbocycles. The molecule has 0 unspecified atom stereocenters. The molecule has 1 aliphatic heterocycles. The van der Waals surface area contributed by atoms with E-state index >= 15 is 0 Å². The highest BCUT2D eigenvalue weighted by atomic mass is 16.4. The van der Waals surface area contributed by atoms with Crippen LogP contribution < -0.4 is 0 Å². The van der Waals surface area contributed by atoms with Crippen molar-refractivity contribution in [2.75, 3.05) is 27.2 Å². The molecule has 2 aliphatic rings. The van der Waals surface area contributed by atoms with Gasteiger partial charge in [-0.2, -0.15) is 5.10 Å². The number of carboxylic acid groups (broad SMARTS) is 1. The normalized spacial score (nSPS) is 22.8. The smallest absolute Gasteiger partial charge is 0.356 e. The monoisotopic (exact) mass is 334 g/mol. The van der Waals surface area contributed by atoms with Crippen LogP contribution >= 0.6 is 0 Å². The molecule has 0 bridgehead atoms. The van der Waals surface area contributed by atoms with Gasteiger partial charge in [-0.1, -0.05) is 6.92 Å². The van der Waals surface area contributed by atoms with Crippen LogP contribution in [0.1, 0.15) is 54.4 Å². The largest absolute Gasteiger partial charge is 0.476 e. The Hall–Kier alpha value is -1.40. The second-order valence-corrected chi connectivity index (χ2v) is 7.43. The predicted molar refractivity (Wildman–Crippen MR) is 93.6 cm³/mol. The first-order valence-electron chi connectivity index (χ1n) is 9.23. The maximum absolute atomic E-state index is 11.6. The Kier molecular flexibility index (Phi) is 5.25. The summed E-state index contributed by atoms with van der Waals surface area (Å²) < 4.78 is 1.94. The van der Waals surface area contributed by atoms with Gasteiger partial charge in [0.05, 0.1) is 0 Å². The highest BCUT2D eigenvalue weighted by Gasteiger charge is 2.33. The molecule has 1 aromatic rings. The van der Waals surface area contributed by atoms with Gasteiger partial charge < -0.3 is 10.0 Å². The fraction of sp³-hybridized carbons (Fsp3) is 0.778. The van der Waals surface area contributed by atoms with Crippen molar-refractivity contribution in [2.45, 2.75) is 64.1 Å². The third-order valence-corrected chi connectivity index (χ3v) is 5.70. The van der Waals surface area contributed by atoms with Crippen LogP contribution in [0.2, 0.25) is 0 Å². The fourth-order valence-corrected chi connectivity index (χ4v) is 4.32. The zero-order valence-corrected chi connectivity index (χ0v) is 15.2. The minimum Gasteiger partial charge on any atom is -0.476 e. The Balaban J connectivity index is 1.73. The average Bonchev–Trinajstić information content (AvgIpc) is 2.93. The van der Waals surface area contributed by atoms with Crippen molar-refractivity contribution in [1.82, 2.24) is 19.6 Å². The van der Waals surface area contributed by atoms with E-state index in [0.29, 0.717) is 12.1 Å². The molecule has 1 aromatic heterocycles. The second-order valence-electron chi connectivity index (χ2n) is 7.43. The number of likely N-dealkylation sites (tertiary alicyclic amines) is 1. The maximum Gasteiger partial charge on any atom is 0.356 e. The van der Waals surface area contributed by atoms with Crippen LogP contribution in [0.15, 0.2) is 0 Å². The molecule has 0 saturated carbocycles. The molecule has 0 radical (unpaired) electrons. The third-order valence-electron chi connectivity index (χ3n) is 5.70. The van der Waals surface area contributed by atoms with Crippen LogP contribution in [-0.4, -0.2) is 69.9 Å². The molecule has 6 nitrogen and oxygen atoms in total. The van der Waals surface area contributed by atoms with E-state index in [9.17, 15) is 9.90 Å². The standard InChI is InChI=1S/C18H30N4O2/c1-4-9-22-16-6-5-14(12-15(16)17(19-22)18(23)24)21-10-7-13(8-11-21)20(2)3/h13-14H,4-12H2,1-3H3,(H,23,24)/t14-/m0/s1. The molecule has 24 heavy (non-hydrogen) atoms. The summed E-state index contributed by atoms with van der Waals surface area (Å²) in [6, 6.07) is 1.15. The van der Waals surface area contributed by atoms with Crippen LogP contribution in [0.4, 0.5) is 0 Å². The average molecular weight is 334 g/mol. The van der Waals surface area contributed by atoms with E-state index < -0.39 is 5.97 Å². The number of hydrogen-bond donors (Lipinski definition) is 1. The number of fused-ring (bicyclic) bond motifs is 1. The second kappa shape index (κ2) is 7.23. The number of piperidine rings is 1. The fourth-order valence-electron chi connectivity index (χ4n) is 4.32. The minimum absolute atomic E-state index is 0.284. The summed E-state index contributed by atoms with van der Waals surface area (Å²) >= 11 is 0. The van der Waals surface area contributed by atoms with Gasteiger partial charge in [-0.25, -0.2) is 4.79 Å². The van der Waals surface area contributed by atoms with E-state index in [2.05, 4.69) is 35.9 Å². The molecule has 1 saturated heterocycles. The summed E-state index contributed by atoms with van der Waals surface area (Å²) in [5.74, 6) is -0.881. The van der Waals surface area contributed by atoms with Gasteiger partial charge >= 0.3 is 5.97 Å². The highest BCUT2D eigenvalue weighted by molar-refractivity contribution is 5.87. The first kappa shape index (κ1) is 17.4. The van der Waals surface area contributed by atoms with Gasteiger partial charge in [-0.15, -0.1) is 0 Å². The maximum atomic E-state index is 11.6. The van der Waals surface area contributed by atoms with E-state index in [1.165, 1.54) is 12.8 Å². The topological polar surface area (TPSA) is 61.6 Å². The molecular weight excluding hydrogens is 304 g/mol. The first-order chi connectivity index (χ1) is 11.5. The van der Waals surface area contributed by atoms with Crippen LogP contribution in [0, 0.1) is 0 Å². The molecule has 1 atom stereocenters. The number of nitrogens with zero attached hydrogens (tertiary/aromatic N) is 4. The Bertz CT molecular complexity index is 588. The summed E-state index contributed by atoms with van der Waals surface area (Å²) in [5.41, 5.74) is 2.43. The summed E-state index contributed by atoms with van der Waals surface area (Å²) in [6.45, 7) is 5.16. The molecule has 1 fully saturated rings. The SMILES string of the molecule is CCCn1nc(C(=O)O)c2c1CC[C@H](N1CCC(N(C)C)CC1)C2. The minimum atomic E-state index is -0.881. The highest BCUT2D eigenvalue weighted by Crippen LogP contribution is 2.29. The number of rotatable bonds is 5. The van der Waals surface area contributed by atoms with Crippen molar-refractivity contribution in [3.8, 4) is 0 Å². The Morgan fingerprint density at radius 1 is 1.29 bits per heavy atom. The van der Waals surface area contributed by atoms with Crippen molar-refractivity contribution in [2.24, 2.45) is 0 Å². The lowest BCUT2D eigenvalue weighted by Crippen LogP contribution is -2.48. The number of aromatic nitrogens is 2. The number of carboxylic acids is 1. The van der Waals surface area contributed by atoms with Gasteiger partial charge in [0.1, 0.15) is 0 Å². The molecular formula is C18H30N4O2. The van der Waals surface area contributed by atoms with Gasteiger partial charge in [-0.3, -0.25) is 9.58 Å². The quantitative estimate of drug-likeness (QED) is 0.891. The van der Waals surface area contributed by atoms with Crippen molar-refractivity contribution < 1.29 is 9.90 Å². The third kappa shape index (κ3) is 3.35. The van der Waals surface area contributed by atoms with Gasteiger partial charge in [0.2, 0.25) is 0 Å². The number of carbonyl (C=O) groups is 1. The Morgan fingerprint density at radius 2 is 2.00 bits per heavy atom. The lowest BCUT2D eigenvalue weighted by Gasteiger charge is -2.41. The van der Waals surface area contributed by atoms with Gasteiger partial charge in [0, 0.05) is 29.9 Å². The van der Waals surface area contributed by atoms with Crippen LogP contribution in [0.3, 0.4) is 0 Å². The van der Waals surface area contributed by atoms with Gasteiger partial charge in [-0.05, 0) is 65.7 Å². The van der Waals surface area contributed by atoms with Gasteiger partial charge in [0.15, 0.2) is 5.69 Å². The number of aryl methyl sites for hydroxylation is 1. The predicted octanol–water partition coefficient (Wildman–Crippen LogP) is 1.87. The van der Waals surface area contributed by atoms with E-state index in [-0.39, 0.29) is 5.69 Å². The van der Waals surface area contributed by atoms with Gasteiger partial charge in [0.25, 0.3) is 0 Å². The molecule has 134 valence electrons. The lowest BCUT2D eigenvalue weighted by molar-refractivity contribution is 0.0686. The molecule has 1 N–H and O–H groups in total. The van der Waals surface area contributed by atoms with Crippen molar-refractivity contribution in [3.63, 3.8) is 0 Å². The van der Waals surface area contributed by atoms with E-state index in [4.69, 9.17) is 0 Å². The molecule has 1 aliphatic carbocycles. The molecule has 6 heteroatoms. The lowest BCUT2D eigenvalue weighted by atomic mass is 9.88. The van der Waals surface area contributed by atoms with E-state index in [1.807, 2.05) is 4.68 Å². The van der Waals surface area contributed by atoms with E-state index in [0.717, 1.165) is 56.6 Å². The first-order valence-corrected chi connectivity index (χ1v) is 9.23. The summed E-state index contributed by atoms with van der Waals surface area (Å²) in [7, 11) is 4.32. The Labute approximate surface area is 144 Å². The molecule has 3 rings (SSSR count). The van der Waals surface area contributed by atoms with Crippen LogP contribution in [0.25, 0.3) is 0 Å². The summed E-state index contributed by atoms with van der Waals surface area (Å²) in [5, 5.41) is 13.9. The zero-order chi connectivity index (χ0) is 17.3. The molecule has 0 spiro atoms.